The van der Waals surface area contributed by atoms with Crippen molar-refractivity contribution in [2.45, 2.75) is 31.5 Å². The zero-order chi connectivity index (χ0) is 14.2. The highest BCUT2D eigenvalue weighted by molar-refractivity contribution is 5.93. The summed E-state index contributed by atoms with van der Waals surface area (Å²) >= 11 is 0. The maximum atomic E-state index is 12.3. The summed E-state index contributed by atoms with van der Waals surface area (Å²) < 4.78 is 5.72. The first-order valence-corrected chi connectivity index (χ1v) is 7.10. The third kappa shape index (κ3) is 2.29. The summed E-state index contributed by atoms with van der Waals surface area (Å²) in [6.45, 7) is 0. The molecule has 1 aromatic heterocycles. The van der Waals surface area contributed by atoms with Crippen LogP contribution < -0.4 is 5.32 Å². The van der Waals surface area contributed by atoms with Crippen LogP contribution in [0.2, 0.25) is 0 Å². The van der Waals surface area contributed by atoms with Gasteiger partial charge in [0.2, 0.25) is 11.7 Å². The van der Waals surface area contributed by atoms with Crippen molar-refractivity contribution in [3.8, 4) is 11.4 Å². The van der Waals surface area contributed by atoms with E-state index in [1.165, 1.54) is 0 Å². The molecule has 0 aliphatic carbocycles. The molecule has 2 saturated heterocycles. The van der Waals surface area contributed by atoms with Crippen molar-refractivity contribution in [3.05, 3.63) is 24.3 Å². The van der Waals surface area contributed by atoms with Crippen LogP contribution in [0.5, 0.6) is 0 Å². The Hall–Kier alpha value is -2.28. The lowest BCUT2D eigenvalue weighted by Gasteiger charge is -2.17. The second-order valence-electron chi connectivity index (χ2n) is 5.52. The molecule has 2 N–H and O–H groups in total. The summed E-state index contributed by atoms with van der Waals surface area (Å²) in [6.07, 6.45) is 3.32. The Labute approximate surface area is 121 Å². The SMILES string of the molecule is O=C(Nc1ccc(-c2nn[nH]n2)cc1)C1CC2CCC1O2. The number of H-pyrrole nitrogens is 1. The first kappa shape index (κ1) is 12.5. The molecule has 7 nitrogen and oxygen atoms in total. The number of hydrogen-bond donors (Lipinski definition) is 2. The Morgan fingerprint density at radius 3 is 2.76 bits per heavy atom. The topological polar surface area (TPSA) is 92.8 Å². The second-order valence-corrected chi connectivity index (χ2v) is 5.52. The number of hydrogen-bond acceptors (Lipinski definition) is 5. The highest BCUT2D eigenvalue weighted by Crippen LogP contribution is 2.39. The van der Waals surface area contributed by atoms with Crippen LogP contribution >= 0.6 is 0 Å². The van der Waals surface area contributed by atoms with E-state index in [-0.39, 0.29) is 24.0 Å². The van der Waals surface area contributed by atoms with Gasteiger partial charge >= 0.3 is 0 Å². The maximum absolute atomic E-state index is 12.3. The van der Waals surface area contributed by atoms with Crippen molar-refractivity contribution in [1.29, 1.82) is 0 Å². The summed E-state index contributed by atoms with van der Waals surface area (Å²) in [5.41, 5.74) is 1.63. The van der Waals surface area contributed by atoms with E-state index in [1.54, 1.807) is 0 Å². The Balaban J connectivity index is 1.44. The van der Waals surface area contributed by atoms with Gasteiger partial charge in [-0.2, -0.15) is 5.21 Å². The van der Waals surface area contributed by atoms with Gasteiger partial charge in [0.15, 0.2) is 0 Å². The lowest BCUT2D eigenvalue weighted by atomic mass is 9.88. The smallest absolute Gasteiger partial charge is 0.230 e. The van der Waals surface area contributed by atoms with Gasteiger partial charge < -0.3 is 10.1 Å². The molecule has 2 aromatic rings. The summed E-state index contributed by atoms with van der Waals surface area (Å²) in [7, 11) is 0. The van der Waals surface area contributed by atoms with E-state index < -0.39 is 0 Å². The molecule has 1 aromatic carbocycles. The molecular weight excluding hydrogens is 270 g/mol. The molecule has 2 fully saturated rings. The summed E-state index contributed by atoms with van der Waals surface area (Å²) in [5, 5.41) is 16.7. The van der Waals surface area contributed by atoms with Crippen LogP contribution in [0.1, 0.15) is 19.3 Å². The minimum Gasteiger partial charge on any atom is -0.374 e. The van der Waals surface area contributed by atoms with Crippen LogP contribution in [0.3, 0.4) is 0 Å². The predicted octanol–water partition coefficient (Wildman–Crippen LogP) is 1.37. The van der Waals surface area contributed by atoms with E-state index in [9.17, 15) is 4.79 Å². The monoisotopic (exact) mass is 285 g/mol. The van der Waals surface area contributed by atoms with Crippen molar-refractivity contribution in [2.24, 2.45) is 5.92 Å². The van der Waals surface area contributed by atoms with E-state index in [1.807, 2.05) is 24.3 Å². The lowest BCUT2D eigenvalue weighted by molar-refractivity contribution is -0.121. The van der Waals surface area contributed by atoms with Gasteiger partial charge in [-0.25, -0.2) is 0 Å². The fourth-order valence-electron chi connectivity index (χ4n) is 3.14. The molecule has 0 radical (unpaired) electrons. The zero-order valence-electron chi connectivity index (χ0n) is 11.3. The molecule has 3 heterocycles. The quantitative estimate of drug-likeness (QED) is 0.888. The van der Waals surface area contributed by atoms with Crippen LogP contribution in [-0.4, -0.2) is 38.7 Å². The Kier molecular flexibility index (Phi) is 2.92. The number of fused-ring (bicyclic) bond motifs is 2. The molecule has 1 amide bonds. The highest BCUT2D eigenvalue weighted by atomic mass is 16.5. The normalized spacial score (nSPS) is 27.0. The van der Waals surface area contributed by atoms with Crippen LogP contribution in [0.25, 0.3) is 11.4 Å². The van der Waals surface area contributed by atoms with Crippen molar-refractivity contribution in [1.82, 2.24) is 20.6 Å². The number of amides is 1. The maximum Gasteiger partial charge on any atom is 0.230 e. The second kappa shape index (κ2) is 4.92. The van der Waals surface area contributed by atoms with E-state index in [2.05, 4.69) is 25.9 Å². The minimum absolute atomic E-state index is 0.0133. The standard InChI is InChI=1S/C14H15N5O2/c20-14(11-7-10-5-6-12(11)21-10)15-9-3-1-8(2-4-9)13-16-18-19-17-13/h1-4,10-12H,5-7H2,(H,15,20)(H,16,17,18,19). The summed E-state index contributed by atoms with van der Waals surface area (Å²) in [4.78, 5) is 12.3. The molecule has 0 saturated carbocycles. The Morgan fingerprint density at radius 1 is 1.29 bits per heavy atom. The third-order valence-electron chi connectivity index (χ3n) is 4.20. The van der Waals surface area contributed by atoms with Gasteiger partial charge in [0, 0.05) is 11.3 Å². The number of nitrogens with one attached hydrogen (secondary N) is 2. The molecule has 0 spiro atoms. The van der Waals surface area contributed by atoms with Gasteiger partial charge in [0.25, 0.3) is 0 Å². The molecule has 2 aliphatic rings. The zero-order valence-corrected chi connectivity index (χ0v) is 11.3. The van der Waals surface area contributed by atoms with Gasteiger partial charge in [-0.05, 0) is 48.7 Å². The molecule has 2 bridgehead atoms. The Bertz CT molecular complexity index is 640. The lowest BCUT2D eigenvalue weighted by Crippen LogP contribution is -2.30. The third-order valence-corrected chi connectivity index (χ3v) is 4.20. The molecule has 4 rings (SSSR count). The average molecular weight is 285 g/mol. The largest absolute Gasteiger partial charge is 0.374 e. The van der Waals surface area contributed by atoms with Gasteiger partial charge in [-0.1, -0.05) is 0 Å². The molecule has 21 heavy (non-hydrogen) atoms. The first-order valence-electron chi connectivity index (χ1n) is 7.10. The number of aromatic nitrogens is 4. The van der Waals surface area contributed by atoms with Gasteiger partial charge in [-0.15, -0.1) is 10.2 Å². The number of benzene rings is 1. The number of carbonyl (C=O) groups excluding carboxylic acids is 1. The molecule has 108 valence electrons. The fraction of sp³-hybridized carbons (Fsp3) is 0.429. The van der Waals surface area contributed by atoms with Crippen LogP contribution in [0, 0.1) is 5.92 Å². The number of anilines is 1. The Morgan fingerprint density at radius 2 is 2.14 bits per heavy atom. The van der Waals surface area contributed by atoms with Crippen molar-refractivity contribution < 1.29 is 9.53 Å². The number of aromatic amines is 1. The minimum atomic E-state index is -0.0133. The molecular formula is C14H15N5O2. The van der Waals surface area contributed by atoms with Crippen LogP contribution in [-0.2, 0) is 9.53 Å². The van der Waals surface area contributed by atoms with Gasteiger partial charge in [-0.3, -0.25) is 4.79 Å². The fourth-order valence-corrected chi connectivity index (χ4v) is 3.14. The summed E-state index contributed by atoms with van der Waals surface area (Å²) in [5.74, 6) is 0.574. The molecule has 3 unspecified atom stereocenters. The van der Waals surface area contributed by atoms with Gasteiger partial charge in [0.05, 0.1) is 18.1 Å². The number of tetrazole rings is 1. The predicted molar refractivity (Wildman–Crippen MR) is 74.2 cm³/mol. The summed E-state index contributed by atoms with van der Waals surface area (Å²) in [6, 6.07) is 7.41. The van der Waals surface area contributed by atoms with E-state index in [0.29, 0.717) is 5.82 Å². The number of ether oxygens (including phenoxy) is 1. The van der Waals surface area contributed by atoms with Gasteiger partial charge in [0.1, 0.15) is 0 Å². The molecule has 2 aliphatic heterocycles. The van der Waals surface area contributed by atoms with Crippen LogP contribution in [0.15, 0.2) is 24.3 Å². The van der Waals surface area contributed by atoms with Crippen molar-refractivity contribution in [3.63, 3.8) is 0 Å². The molecule has 7 heteroatoms. The molecule has 3 atom stereocenters. The number of rotatable bonds is 3. The van der Waals surface area contributed by atoms with E-state index in [4.69, 9.17) is 4.74 Å². The highest BCUT2D eigenvalue weighted by Gasteiger charge is 2.44. The first-order chi connectivity index (χ1) is 10.3. The van der Waals surface area contributed by atoms with E-state index in [0.717, 1.165) is 30.5 Å². The van der Waals surface area contributed by atoms with E-state index >= 15 is 0 Å². The number of nitrogens with zero attached hydrogens (tertiary/aromatic N) is 3. The number of carbonyl (C=O) groups is 1. The van der Waals surface area contributed by atoms with Crippen LogP contribution in [0.4, 0.5) is 5.69 Å². The average Bonchev–Trinajstić information content (AvgIpc) is 3.25. The van der Waals surface area contributed by atoms with Crippen molar-refractivity contribution >= 4 is 11.6 Å². The van der Waals surface area contributed by atoms with Crippen molar-refractivity contribution in [2.75, 3.05) is 5.32 Å².